The van der Waals surface area contributed by atoms with Crippen LogP contribution < -0.4 is 10.9 Å². The standard InChI is InChI=1S/C14H14N4O2/c19-13(7-6-11-4-2-1-3-5-11)17-18-14(20)12-10-15-8-9-16-12/h1-5,8-10H,6-7H2,(H,17,19)(H,18,20). The Kier molecular flexibility index (Phi) is 4.77. The van der Waals surface area contributed by atoms with Crippen molar-refractivity contribution in [2.24, 2.45) is 0 Å². The summed E-state index contributed by atoms with van der Waals surface area (Å²) in [4.78, 5) is 30.8. The zero-order chi connectivity index (χ0) is 14.2. The Hall–Kier alpha value is -2.76. The maximum absolute atomic E-state index is 11.6. The van der Waals surface area contributed by atoms with Gasteiger partial charge < -0.3 is 0 Å². The van der Waals surface area contributed by atoms with Crippen molar-refractivity contribution in [3.05, 3.63) is 60.2 Å². The number of hydrogen-bond donors (Lipinski definition) is 2. The molecule has 0 aliphatic carbocycles. The van der Waals surface area contributed by atoms with Gasteiger partial charge in [0.25, 0.3) is 5.91 Å². The van der Waals surface area contributed by atoms with Gasteiger partial charge in [0.2, 0.25) is 5.91 Å². The minimum atomic E-state index is -0.494. The summed E-state index contributed by atoms with van der Waals surface area (Å²) in [5.41, 5.74) is 5.86. The quantitative estimate of drug-likeness (QED) is 0.807. The molecule has 2 amide bonds. The van der Waals surface area contributed by atoms with Gasteiger partial charge >= 0.3 is 0 Å². The summed E-state index contributed by atoms with van der Waals surface area (Å²) >= 11 is 0. The summed E-state index contributed by atoms with van der Waals surface area (Å²) in [6.07, 6.45) is 5.12. The molecule has 0 radical (unpaired) electrons. The van der Waals surface area contributed by atoms with Gasteiger partial charge in [-0.2, -0.15) is 0 Å². The van der Waals surface area contributed by atoms with E-state index in [0.717, 1.165) is 5.56 Å². The van der Waals surface area contributed by atoms with Gasteiger partial charge in [0.15, 0.2) is 0 Å². The van der Waals surface area contributed by atoms with Crippen LogP contribution in [0.15, 0.2) is 48.9 Å². The number of hydrazine groups is 1. The first-order chi connectivity index (χ1) is 9.75. The van der Waals surface area contributed by atoms with Crippen molar-refractivity contribution >= 4 is 11.8 Å². The number of benzene rings is 1. The number of amides is 2. The van der Waals surface area contributed by atoms with Crippen molar-refractivity contribution in [1.29, 1.82) is 0 Å². The minimum absolute atomic E-state index is 0.149. The topological polar surface area (TPSA) is 84.0 Å². The first-order valence-electron chi connectivity index (χ1n) is 6.15. The molecule has 0 aliphatic rings. The predicted molar refractivity (Wildman–Crippen MR) is 72.4 cm³/mol. The Labute approximate surface area is 116 Å². The molecule has 0 spiro atoms. The summed E-state index contributed by atoms with van der Waals surface area (Å²) in [5.74, 6) is -0.753. The van der Waals surface area contributed by atoms with Gasteiger partial charge in [-0.1, -0.05) is 30.3 Å². The summed E-state index contributed by atoms with van der Waals surface area (Å²) in [6, 6.07) is 9.66. The highest BCUT2D eigenvalue weighted by Gasteiger charge is 2.08. The molecule has 1 heterocycles. The number of aryl methyl sites for hydroxylation is 1. The molecule has 0 unspecified atom stereocenters. The Morgan fingerprint density at radius 2 is 1.85 bits per heavy atom. The van der Waals surface area contributed by atoms with Crippen LogP contribution in [0.2, 0.25) is 0 Å². The number of nitrogens with one attached hydrogen (secondary N) is 2. The molecule has 0 saturated heterocycles. The Bertz CT molecular complexity index is 572. The van der Waals surface area contributed by atoms with Gasteiger partial charge in [-0.15, -0.1) is 0 Å². The van der Waals surface area contributed by atoms with Crippen molar-refractivity contribution in [3.63, 3.8) is 0 Å². The second kappa shape index (κ2) is 6.98. The van der Waals surface area contributed by atoms with Gasteiger partial charge in [-0.3, -0.25) is 25.4 Å². The molecule has 1 aromatic carbocycles. The number of nitrogens with zero attached hydrogens (tertiary/aromatic N) is 2. The van der Waals surface area contributed by atoms with Gasteiger partial charge in [0, 0.05) is 18.8 Å². The monoisotopic (exact) mass is 270 g/mol. The van der Waals surface area contributed by atoms with E-state index in [0.29, 0.717) is 12.8 Å². The molecule has 2 N–H and O–H groups in total. The van der Waals surface area contributed by atoms with Crippen molar-refractivity contribution in [3.8, 4) is 0 Å². The van der Waals surface area contributed by atoms with E-state index in [1.165, 1.54) is 18.6 Å². The Morgan fingerprint density at radius 1 is 1.05 bits per heavy atom. The lowest BCUT2D eigenvalue weighted by molar-refractivity contribution is -0.121. The van der Waals surface area contributed by atoms with Crippen molar-refractivity contribution in [2.45, 2.75) is 12.8 Å². The lowest BCUT2D eigenvalue weighted by atomic mass is 10.1. The average Bonchev–Trinajstić information content (AvgIpc) is 2.52. The van der Waals surface area contributed by atoms with Gasteiger partial charge in [-0.05, 0) is 12.0 Å². The highest BCUT2D eigenvalue weighted by atomic mass is 16.2. The lowest BCUT2D eigenvalue weighted by Gasteiger charge is -2.06. The van der Waals surface area contributed by atoms with Crippen molar-refractivity contribution in [2.75, 3.05) is 0 Å². The molecule has 0 bridgehead atoms. The average molecular weight is 270 g/mol. The predicted octanol–water partition coefficient (Wildman–Crippen LogP) is 0.870. The van der Waals surface area contributed by atoms with E-state index in [2.05, 4.69) is 20.8 Å². The highest BCUT2D eigenvalue weighted by molar-refractivity contribution is 5.93. The molecular weight excluding hydrogens is 256 g/mol. The minimum Gasteiger partial charge on any atom is -0.273 e. The van der Waals surface area contributed by atoms with Crippen LogP contribution in [-0.4, -0.2) is 21.8 Å². The van der Waals surface area contributed by atoms with E-state index in [9.17, 15) is 9.59 Å². The molecule has 0 fully saturated rings. The summed E-state index contributed by atoms with van der Waals surface area (Å²) in [6.45, 7) is 0. The third kappa shape index (κ3) is 4.16. The zero-order valence-corrected chi connectivity index (χ0v) is 10.7. The third-order valence-electron chi connectivity index (χ3n) is 2.59. The lowest BCUT2D eigenvalue weighted by Crippen LogP contribution is -2.42. The fraction of sp³-hybridized carbons (Fsp3) is 0.143. The third-order valence-corrected chi connectivity index (χ3v) is 2.59. The van der Waals surface area contributed by atoms with Crippen LogP contribution in [0.5, 0.6) is 0 Å². The molecule has 6 nitrogen and oxygen atoms in total. The zero-order valence-electron chi connectivity index (χ0n) is 10.7. The maximum Gasteiger partial charge on any atom is 0.289 e. The first kappa shape index (κ1) is 13.7. The molecule has 2 rings (SSSR count). The molecule has 0 aliphatic heterocycles. The Morgan fingerprint density at radius 3 is 2.55 bits per heavy atom. The highest BCUT2D eigenvalue weighted by Crippen LogP contribution is 2.01. The maximum atomic E-state index is 11.6. The molecular formula is C14H14N4O2. The van der Waals surface area contributed by atoms with Gasteiger partial charge in [0.05, 0.1) is 6.20 Å². The number of hydrogen-bond acceptors (Lipinski definition) is 4. The van der Waals surface area contributed by atoms with Crippen molar-refractivity contribution in [1.82, 2.24) is 20.8 Å². The number of carbonyl (C=O) groups is 2. The number of aromatic nitrogens is 2. The van der Waals surface area contributed by atoms with Crippen LogP contribution in [0.25, 0.3) is 0 Å². The molecule has 2 aromatic rings. The van der Waals surface area contributed by atoms with E-state index in [-0.39, 0.29) is 11.6 Å². The summed E-state index contributed by atoms with van der Waals surface area (Å²) in [7, 11) is 0. The van der Waals surface area contributed by atoms with E-state index in [4.69, 9.17) is 0 Å². The van der Waals surface area contributed by atoms with E-state index in [1.807, 2.05) is 30.3 Å². The van der Waals surface area contributed by atoms with Crippen LogP contribution in [-0.2, 0) is 11.2 Å². The van der Waals surface area contributed by atoms with E-state index in [1.54, 1.807) is 0 Å². The molecule has 0 atom stereocenters. The molecule has 102 valence electrons. The van der Waals surface area contributed by atoms with E-state index < -0.39 is 5.91 Å². The fourth-order valence-electron chi connectivity index (χ4n) is 1.57. The first-order valence-corrected chi connectivity index (χ1v) is 6.15. The Balaban J connectivity index is 1.74. The molecule has 6 heteroatoms. The SMILES string of the molecule is O=C(CCc1ccccc1)NNC(=O)c1cnccn1. The van der Waals surface area contributed by atoms with E-state index >= 15 is 0 Å². The van der Waals surface area contributed by atoms with Gasteiger partial charge in [0.1, 0.15) is 5.69 Å². The second-order valence-corrected chi connectivity index (χ2v) is 4.08. The normalized spacial score (nSPS) is 9.80. The summed E-state index contributed by atoms with van der Waals surface area (Å²) in [5, 5.41) is 0. The van der Waals surface area contributed by atoms with Crippen molar-refractivity contribution < 1.29 is 9.59 Å². The molecule has 20 heavy (non-hydrogen) atoms. The van der Waals surface area contributed by atoms with Crippen LogP contribution in [0, 0.1) is 0 Å². The van der Waals surface area contributed by atoms with Crippen LogP contribution in [0.4, 0.5) is 0 Å². The smallest absolute Gasteiger partial charge is 0.273 e. The second-order valence-electron chi connectivity index (χ2n) is 4.08. The number of carbonyl (C=O) groups excluding carboxylic acids is 2. The largest absolute Gasteiger partial charge is 0.289 e. The van der Waals surface area contributed by atoms with Crippen LogP contribution in [0.3, 0.4) is 0 Å². The van der Waals surface area contributed by atoms with Gasteiger partial charge in [-0.25, -0.2) is 4.98 Å². The van der Waals surface area contributed by atoms with Crippen LogP contribution >= 0.6 is 0 Å². The molecule has 0 saturated carbocycles. The fourth-order valence-corrected chi connectivity index (χ4v) is 1.57. The molecule has 1 aromatic heterocycles. The summed E-state index contributed by atoms with van der Waals surface area (Å²) < 4.78 is 0. The number of rotatable bonds is 4. The van der Waals surface area contributed by atoms with Crippen LogP contribution in [0.1, 0.15) is 22.5 Å².